The summed E-state index contributed by atoms with van der Waals surface area (Å²) in [5.41, 5.74) is 0. The summed E-state index contributed by atoms with van der Waals surface area (Å²) in [5.74, 6) is 0.720. The average molecular weight is 397 g/mol. The van der Waals surface area contributed by atoms with Crippen molar-refractivity contribution in [3.8, 4) is 0 Å². The number of unbranched alkanes of at least 4 members (excludes halogenated alkanes) is 4. The summed E-state index contributed by atoms with van der Waals surface area (Å²) < 4.78 is 20.7. The van der Waals surface area contributed by atoms with Crippen molar-refractivity contribution in [1.82, 2.24) is 5.32 Å². The number of esters is 1. The van der Waals surface area contributed by atoms with E-state index in [4.69, 9.17) is 14.2 Å². The summed E-state index contributed by atoms with van der Waals surface area (Å²) in [7, 11) is -3.36. The Morgan fingerprint density at radius 3 is 2.40 bits per heavy atom. The summed E-state index contributed by atoms with van der Waals surface area (Å²) in [6, 6.07) is 0. The van der Waals surface area contributed by atoms with Crippen molar-refractivity contribution in [3.05, 3.63) is 0 Å². The number of hydrogen-bond acceptors (Lipinski definition) is 6. The second kappa shape index (κ2) is 15.7. The topological polar surface area (TPSA) is 102 Å². The largest absolute Gasteiger partial charge is 0.464 e. The minimum absolute atomic E-state index is 0.00490. The number of carbonyl (C=O) groups excluding carboxylic acids is 2. The number of ether oxygens (including phenoxy) is 1. The van der Waals surface area contributed by atoms with Gasteiger partial charge in [0.15, 0.2) is 0 Å². The van der Waals surface area contributed by atoms with Gasteiger partial charge in [0.05, 0.1) is 13.2 Å². The van der Waals surface area contributed by atoms with Crippen LogP contribution in [0.3, 0.4) is 0 Å². The molecule has 0 radical (unpaired) electrons. The number of nitrogens with one attached hydrogen (secondary N) is 1. The molecule has 0 aliphatic rings. The molecular formula is C16H32NO6PS. The van der Waals surface area contributed by atoms with Crippen molar-refractivity contribution in [2.24, 2.45) is 0 Å². The van der Waals surface area contributed by atoms with E-state index in [-0.39, 0.29) is 25.1 Å². The SMILES string of the molecule is CSCCCC(=O)NCCOC(=O)CCCCCCCOP(C)(=O)O. The van der Waals surface area contributed by atoms with Crippen molar-refractivity contribution in [1.29, 1.82) is 0 Å². The van der Waals surface area contributed by atoms with E-state index in [0.717, 1.165) is 44.3 Å². The molecule has 0 aliphatic heterocycles. The first-order valence-corrected chi connectivity index (χ1v) is 12.1. The van der Waals surface area contributed by atoms with Crippen molar-refractivity contribution >= 4 is 31.2 Å². The van der Waals surface area contributed by atoms with E-state index in [9.17, 15) is 14.2 Å². The molecule has 0 rings (SSSR count). The van der Waals surface area contributed by atoms with Crippen LogP contribution in [0.2, 0.25) is 0 Å². The molecule has 1 unspecified atom stereocenters. The monoisotopic (exact) mass is 397 g/mol. The van der Waals surface area contributed by atoms with Crippen LogP contribution < -0.4 is 5.32 Å². The molecule has 0 spiro atoms. The van der Waals surface area contributed by atoms with Crippen LogP contribution in [0.4, 0.5) is 0 Å². The number of hydrogen-bond donors (Lipinski definition) is 2. The van der Waals surface area contributed by atoms with Gasteiger partial charge in [0.1, 0.15) is 6.61 Å². The van der Waals surface area contributed by atoms with Crippen LogP contribution in [0.1, 0.15) is 51.4 Å². The van der Waals surface area contributed by atoms with Crippen LogP contribution in [-0.4, -0.2) is 55.2 Å². The lowest BCUT2D eigenvalue weighted by atomic mass is 10.1. The number of thioether (sulfide) groups is 1. The molecule has 0 bridgehead atoms. The lowest BCUT2D eigenvalue weighted by Gasteiger charge is -2.07. The highest BCUT2D eigenvalue weighted by molar-refractivity contribution is 7.98. The molecule has 0 aliphatic carbocycles. The maximum Gasteiger partial charge on any atom is 0.325 e. The number of rotatable bonds is 16. The second-order valence-corrected chi connectivity index (χ2v) is 8.67. The highest BCUT2D eigenvalue weighted by Crippen LogP contribution is 2.36. The first-order valence-electron chi connectivity index (χ1n) is 8.71. The van der Waals surface area contributed by atoms with Crippen LogP contribution in [0.15, 0.2) is 0 Å². The van der Waals surface area contributed by atoms with Gasteiger partial charge in [-0.05, 0) is 31.3 Å². The molecule has 1 atom stereocenters. The van der Waals surface area contributed by atoms with Gasteiger partial charge in [-0.1, -0.05) is 19.3 Å². The van der Waals surface area contributed by atoms with Gasteiger partial charge in [-0.3, -0.25) is 14.2 Å². The lowest BCUT2D eigenvalue weighted by Crippen LogP contribution is -2.27. The number of carbonyl (C=O) groups is 2. The fourth-order valence-electron chi connectivity index (χ4n) is 2.03. The van der Waals surface area contributed by atoms with Gasteiger partial charge in [-0.15, -0.1) is 0 Å². The van der Waals surface area contributed by atoms with E-state index < -0.39 is 7.60 Å². The van der Waals surface area contributed by atoms with E-state index >= 15 is 0 Å². The summed E-state index contributed by atoms with van der Waals surface area (Å²) in [4.78, 5) is 31.9. The van der Waals surface area contributed by atoms with Gasteiger partial charge in [0.25, 0.3) is 0 Å². The van der Waals surface area contributed by atoms with Gasteiger partial charge in [-0.2, -0.15) is 11.8 Å². The Kier molecular flexibility index (Phi) is 15.3. The van der Waals surface area contributed by atoms with Crippen LogP contribution in [0.5, 0.6) is 0 Å². The Morgan fingerprint density at radius 2 is 1.72 bits per heavy atom. The first-order chi connectivity index (χ1) is 11.8. The van der Waals surface area contributed by atoms with E-state index in [2.05, 4.69) is 5.32 Å². The predicted octanol–water partition coefficient (Wildman–Crippen LogP) is 2.96. The molecule has 148 valence electrons. The van der Waals surface area contributed by atoms with E-state index in [1.165, 1.54) is 6.66 Å². The molecule has 0 aromatic carbocycles. The van der Waals surface area contributed by atoms with Crippen LogP contribution in [0, 0.1) is 0 Å². The Labute approximate surface area is 155 Å². The second-order valence-electron chi connectivity index (χ2n) is 5.82. The molecule has 0 aromatic heterocycles. The van der Waals surface area contributed by atoms with Crippen molar-refractivity contribution in [2.45, 2.75) is 51.4 Å². The highest BCUT2D eigenvalue weighted by atomic mass is 32.2. The standard InChI is InChI=1S/C16H32NO6PS/c1-24(20,21)23-12-7-5-3-4-6-10-16(19)22-13-11-17-15(18)9-8-14-25-2/h3-14H2,1-2H3,(H,17,18)(H,20,21). The van der Waals surface area contributed by atoms with Crippen molar-refractivity contribution < 1.29 is 28.3 Å². The summed E-state index contributed by atoms with van der Waals surface area (Å²) in [6.07, 6.45) is 7.99. The van der Waals surface area contributed by atoms with Crippen LogP contribution in [-0.2, 0) is 23.4 Å². The highest BCUT2D eigenvalue weighted by Gasteiger charge is 2.08. The fraction of sp³-hybridized carbons (Fsp3) is 0.875. The minimum atomic E-state index is -3.36. The third-order valence-electron chi connectivity index (χ3n) is 3.30. The van der Waals surface area contributed by atoms with E-state index in [1.807, 2.05) is 6.26 Å². The number of amides is 1. The Bertz CT molecular complexity index is 415. The van der Waals surface area contributed by atoms with Gasteiger partial charge in [-0.25, -0.2) is 0 Å². The summed E-state index contributed by atoms with van der Waals surface area (Å²) in [5, 5.41) is 2.73. The fourth-order valence-corrected chi connectivity index (χ4v) is 2.93. The van der Waals surface area contributed by atoms with E-state index in [1.54, 1.807) is 11.8 Å². The smallest absolute Gasteiger partial charge is 0.325 e. The average Bonchev–Trinajstić information content (AvgIpc) is 2.53. The van der Waals surface area contributed by atoms with Gasteiger partial charge in [0.2, 0.25) is 5.91 Å². The zero-order valence-electron chi connectivity index (χ0n) is 15.3. The zero-order valence-corrected chi connectivity index (χ0v) is 17.0. The lowest BCUT2D eigenvalue weighted by molar-refractivity contribution is -0.144. The maximum absolute atomic E-state index is 11.5. The third kappa shape index (κ3) is 19.6. The van der Waals surface area contributed by atoms with E-state index in [0.29, 0.717) is 19.4 Å². The van der Waals surface area contributed by atoms with Gasteiger partial charge >= 0.3 is 13.6 Å². The molecule has 7 nitrogen and oxygen atoms in total. The summed E-state index contributed by atoms with van der Waals surface area (Å²) >= 11 is 1.71. The Hall–Kier alpha value is -0.560. The normalized spacial score (nSPS) is 13.2. The van der Waals surface area contributed by atoms with Crippen molar-refractivity contribution in [3.63, 3.8) is 0 Å². The van der Waals surface area contributed by atoms with Crippen LogP contribution >= 0.6 is 19.4 Å². The van der Waals surface area contributed by atoms with Gasteiger partial charge < -0.3 is 19.5 Å². The summed E-state index contributed by atoms with van der Waals surface area (Å²) in [6.45, 7) is 2.03. The molecule has 1 amide bonds. The van der Waals surface area contributed by atoms with Crippen molar-refractivity contribution in [2.75, 3.05) is 38.4 Å². The molecule has 25 heavy (non-hydrogen) atoms. The molecular weight excluding hydrogens is 365 g/mol. The molecule has 0 fully saturated rings. The quantitative estimate of drug-likeness (QED) is 0.234. The van der Waals surface area contributed by atoms with Gasteiger partial charge in [0, 0.05) is 19.5 Å². The molecule has 0 saturated heterocycles. The Balaban J connectivity index is 3.36. The molecule has 0 heterocycles. The first kappa shape index (κ1) is 24.4. The van der Waals surface area contributed by atoms with Crippen LogP contribution in [0.25, 0.3) is 0 Å². The molecule has 2 N–H and O–H groups in total. The minimum Gasteiger partial charge on any atom is -0.464 e. The third-order valence-corrected chi connectivity index (χ3v) is 4.65. The predicted molar refractivity (Wildman–Crippen MR) is 101 cm³/mol. The molecule has 0 saturated carbocycles. The molecule has 9 heteroatoms. The Morgan fingerprint density at radius 1 is 1.04 bits per heavy atom. The maximum atomic E-state index is 11.5. The molecule has 0 aromatic rings. The zero-order chi connectivity index (χ0) is 19.0.